The summed E-state index contributed by atoms with van der Waals surface area (Å²) in [5, 5.41) is 49.5. The molecule has 66 heavy (non-hydrogen) atoms. The number of primary amides is 1. The summed E-state index contributed by atoms with van der Waals surface area (Å²) in [7, 11) is 0. The molecule has 0 radical (unpaired) electrons. The number of amides is 8. The van der Waals surface area contributed by atoms with Crippen LogP contribution in [0.1, 0.15) is 65.7 Å². The highest BCUT2D eigenvalue weighted by Crippen LogP contribution is 2.33. The van der Waals surface area contributed by atoms with Crippen molar-refractivity contribution in [2.45, 2.75) is 132 Å². The van der Waals surface area contributed by atoms with Crippen molar-refractivity contribution in [1.82, 2.24) is 37.2 Å². The summed E-state index contributed by atoms with van der Waals surface area (Å²) in [4.78, 5) is 96.2. The Morgan fingerprint density at radius 2 is 1.47 bits per heavy atom. The molecule has 11 atom stereocenters. The van der Waals surface area contributed by atoms with Crippen LogP contribution in [0, 0.1) is 0 Å². The van der Waals surface area contributed by atoms with Crippen LogP contribution >= 0.6 is 11.8 Å². The fraction of sp³-hybridized carbons (Fsp3) is 0.800. The smallest absolute Gasteiger partial charge is 0.315 e. The second-order valence-electron chi connectivity index (χ2n) is 15.9. The number of urea groups is 1. The number of carboxylic acid groups (broad SMARTS) is 1. The van der Waals surface area contributed by atoms with Crippen LogP contribution in [-0.2, 0) is 62.0 Å². The van der Waals surface area contributed by atoms with E-state index in [2.05, 4.69) is 37.2 Å². The number of nitrogens with one attached hydrogen (secondary N) is 7. The van der Waals surface area contributed by atoms with Gasteiger partial charge >= 0.3 is 12.0 Å². The van der Waals surface area contributed by atoms with E-state index in [9.17, 15) is 48.6 Å². The number of carboxylic acids is 1. The van der Waals surface area contributed by atoms with Gasteiger partial charge < -0.3 is 86.7 Å². The molecule has 3 rings (SSSR count). The molecule has 26 heteroatoms. The minimum atomic E-state index is -1.73. The normalized spacial score (nSPS) is 24.7. The van der Waals surface area contributed by atoms with Crippen LogP contribution in [0.25, 0.3) is 0 Å². The Morgan fingerprint density at radius 1 is 0.833 bits per heavy atom. The molecule has 3 saturated heterocycles. The van der Waals surface area contributed by atoms with Crippen molar-refractivity contribution in [3.63, 3.8) is 0 Å². The molecule has 3 aliphatic rings. The molecule has 3 fully saturated rings. The van der Waals surface area contributed by atoms with Gasteiger partial charge in [0.1, 0.15) is 42.5 Å². The lowest BCUT2D eigenvalue weighted by Crippen LogP contribution is -2.66. The van der Waals surface area contributed by atoms with Gasteiger partial charge in [0.05, 0.1) is 64.9 Å². The van der Waals surface area contributed by atoms with Gasteiger partial charge in [-0.2, -0.15) is 11.8 Å². The van der Waals surface area contributed by atoms with Crippen molar-refractivity contribution in [2.24, 2.45) is 5.73 Å². The third-order valence-electron chi connectivity index (χ3n) is 10.6. The topological polar surface area (TPSA) is 363 Å². The lowest BCUT2D eigenvalue weighted by atomic mass is 9.95. The number of ether oxygens (including phenoxy) is 6. The van der Waals surface area contributed by atoms with Crippen molar-refractivity contribution in [3.05, 3.63) is 0 Å². The first-order valence-corrected chi connectivity index (χ1v) is 23.1. The Bertz CT molecular complexity index is 1600. The predicted octanol–water partition coefficient (Wildman–Crippen LogP) is -3.90. The van der Waals surface area contributed by atoms with Crippen LogP contribution in [0.3, 0.4) is 0 Å². The molecule has 0 spiro atoms. The number of aliphatic hydroxyl groups is 2. The number of carbonyl (C=O) groups excluding carboxylic acids is 7. The molecule has 376 valence electrons. The lowest BCUT2D eigenvalue weighted by Gasteiger charge is -2.43. The van der Waals surface area contributed by atoms with Gasteiger partial charge in [-0.3, -0.25) is 33.6 Å². The van der Waals surface area contributed by atoms with E-state index >= 15 is 0 Å². The first kappa shape index (κ1) is 55.9. The Balaban J connectivity index is 1.21. The summed E-state index contributed by atoms with van der Waals surface area (Å²) in [5.41, 5.74) is 5.25. The molecular weight excluding hydrogens is 897 g/mol. The van der Waals surface area contributed by atoms with Gasteiger partial charge in [0.25, 0.3) is 0 Å². The summed E-state index contributed by atoms with van der Waals surface area (Å²) in [6.45, 7) is 6.05. The molecule has 25 nitrogen and oxygen atoms in total. The van der Waals surface area contributed by atoms with Crippen LogP contribution in [0.5, 0.6) is 0 Å². The third kappa shape index (κ3) is 20.6. The zero-order chi connectivity index (χ0) is 48.6. The number of rotatable bonds is 33. The van der Waals surface area contributed by atoms with Gasteiger partial charge in [0.2, 0.25) is 35.4 Å². The maximum Gasteiger partial charge on any atom is 0.315 e. The standard InChI is InChI=1S/C40H68N8O17S/c1-22(37(56)46-25(36(41)55)8-9-31(52)53)44-38(57)23(2)64-35-33(45-24(3)49)39(58)65-27(34(35)54)20-43-30(51)10-12-60-14-16-62-18-19-63-17-15-61-13-11-42-29(50)7-5-4-6-28-32-26(21-66-28)47-40(59)48-32/h22-23,25-28,32-35,39,54,58H,4-21H2,1-3H3,(H2,41,55)(H,42,50)(H,43,51)(H,44,57)(H,45,49)(H,46,56)(H,52,53)(H2,47,48,59)/t22-,23+,25+,26-,27+,28-,32-,33+,34+,35+,39+/m0/s1. The number of nitrogens with two attached hydrogens (primary N) is 1. The molecule has 0 unspecified atom stereocenters. The quantitative estimate of drug-likeness (QED) is 0.0221. The number of aliphatic carboxylic acids is 1. The van der Waals surface area contributed by atoms with Gasteiger partial charge in [-0.15, -0.1) is 0 Å². The molecule has 3 aliphatic heterocycles. The molecular formula is C40H68N8O17S. The average molecular weight is 965 g/mol. The number of hydrogen-bond acceptors (Lipinski definition) is 17. The molecule has 0 saturated carbocycles. The highest BCUT2D eigenvalue weighted by molar-refractivity contribution is 8.00. The van der Waals surface area contributed by atoms with E-state index in [0.717, 1.165) is 31.9 Å². The van der Waals surface area contributed by atoms with Crippen molar-refractivity contribution in [2.75, 3.05) is 71.7 Å². The molecule has 0 bridgehead atoms. The predicted molar refractivity (Wildman–Crippen MR) is 232 cm³/mol. The van der Waals surface area contributed by atoms with Crippen molar-refractivity contribution in [3.8, 4) is 0 Å². The van der Waals surface area contributed by atoms with E-state index in [1.54, 1.807) is 0 Å². The van der Waals surface area contributed by atoms with E-state index in [-0.39, 0.29) is 63.2 Å². The number of fused-ring (bicyclic) bond motifs is 1. The van der Waals surface area contributed by atoms with Crippen LogP contribution in [0.4, 0.5) is 4.79 Å². The summed E-state index contributed by atoms with van der Waals surface area (Å²) >= 11 is 1.87. The van der Waals surface area contributed by atoms with Crippen molar-refractivity contribution >= 4 is 59.2 Å². The van der Waals surface area contributed by atoms with Crippen LogP contribution in [0.15, 0.2) is 0 Å². The van der Waals surface area contributed by atoms with Crippen molar-refractivity contribution < 1.29 is 82.1 Å². The summed E-state index contributed by atoms with van der Waals surface area (Å²) < 4.78 is 33.1. The molecule has 0 aromatic heterocycles. The minimum absolute atomic E-state index is 0.0173. The fourth-order valence-electron chi connectivity index (χ4n) is 7.05. The van der Waals surface area contributed by atoms with Gasteiger partial charge in [-0.1, -0.05) is 6.42 Å². The number of hydrogen-bond donors (Lipinski definition) is 11. The fourth-order valence-corrected chi connectivity index (χ4v) is 8.59. The van der Waals surface area contributed by atoms with E-state index < -0.39 is 90.8 Å². The Kier molecular flexibility index (Phi) is 25.5. The van der Waals surface area contributed by atoms with Gasteiger partial charge in [0, 0.05) is 50.3 Å². The SMILES string of the molecule is CC(=O)N[C@@H]1[C@@H](O[C@H](C)C(=O)N[C@@H](C)C(=O)N[C@H](CCC(=O)O)C(N)=O)[C@H](O)[C@@H](CNC(=O)CCOCCOCCOCCOCCNC(=O)CCCC[C@@H]2SC[C@@H]3NC(=O)N[C@@H]32)O[C@H]1O. The van der Waals surface area contributed by atoms with E-state index in [4.69, 9.17) is 39.3 Å². The summed E-state index contributed by atoms with van der Waals surface area (Å²) in [5.74, 6) is -4.05. The summed E-state index contributed by atoms with van der Waals surface area (Å²) in [6.07, 6.45) is -5.04. The van der Waals surface area contributed by atoms with Crippen LogP contribution < -0.4 is 43.0 Å². The summed E-state index contributed by atoms with van der Waals surface area (Å²) in [6, 6.07) is -3.61. The molecule has 0 aliphatic carbocycles. The monoisotopic (exact) mass is 964 g/mol. The maximum absolute atomic E-state index is 13.0. The van der Waals surface area contributed by atoms with E-state index in [0.29, 0.717) is 51.2 Å². The van der Waals surface area contributed by atoms with E-state index in [1.165, 1.54) is 13.8 Å². The largest absolute Gasteiger partial charge is 0.481 e. The van der Waals surface area contributed by atoms with E-state index in [1.807, 2.05) is 11.8 Å². The Labute approximate surface area is 387 Å². The number of aliphatic hydroxyl groups excluding tert-OH is 2. The number of unbranched alkanes of at least 4 members (excludes halogenated alkanes) is 1. The molecule has 8 amide bonds. The van der Waals surface area contributed by atoms with Gasteiger partial charge in [-0.25, -0.2) is 4.79 Å². The minimum Gasteiger partial charge on any atom is -0.481 e. The average Bonchev–Trinajstić information content (AvgIpc) is 3.82. The van der Waals surface area contributed by atoms with Gasteiger partial charge in [0.15, 0.2) is 6.29 Å². The first-order valence-electron chi connectivity index (χ1n) is 22.1. The maximum atomic E-state index is 13.0. The Hall–Kier alpha value is -4.41. The second-order valence-corrected chi connectivity index (χ2v) is 17.1. The molecule has 0 aromatic carbocycles. The number of thioether (sulfide) groups is 1. The number of carbonyl (C=O) groups is 8. The molecule has 0 aromatic rings. The van der Waals surface area contributed by atoms with Crippen LogP contribution in [0.2, 0.25) is 0 Å². The second kappa shape index (κ2) is 30.1. The first-order chi connectivity index (χ1) is 31.5. The van der Waals surface area contributed by atoms with Gasteiger partial charge in [-0.05, 0) is 33.1 Å². The highest BCUT2D eigenvalue weighted by Gasteiger charge is 2.47. The third-order valence-corrected chi connectivity index (χ3v) is 12.1. The highest BCUT2D eigenvalue weighted by atomic mass is 32.2. The van der Waals surface area contributed by atoms with Crippen molar-refractivity contribution in [1.29, 1.82) is 0 Å². The lowest BCUT2D eigenvalue weighted by molar-refractivity contribution is -0.259. The zero-order valence-electron chi connectivity index (χ0n) is 37.6. The zero-order valence-corrected chi connectivity index (χ0v) is 38.4. The van der Waals surface area contributed by atoms with Crippen LogP contribution in [-0.4, -0.2) is 201 Å². The molecule has 3 heterocycles. The molecule has 12 N–H and O–H groups in total. The Morgan fingerprint density at radius 3 is 2.11 bits per heavy atom.